The van der Waals surface area contributed by atoms with Crippen molar-refractivity contribution in [2.45, 2.75) is 33.1 Å². The molecule has 17 heavy (non-hydrogen) atoms. The van der Waals surface area contributed by atoms with Gasteiger partial charge in [-0.15, -0.1) is 0 Å². The van der Waals surface area contributed by atoms with Crippen molar-refractivity contribution < 1.29 is 9.47 Å². The van der Waals surface area contributed by atoms with E-state index in [1.54, 1.807) is 6.20 Å². The highest BCUT2D eigenvalue weighted by Gasteiger charge is 2.24. The van der Waals surface area contributed by atoms with Crippen LogP contribution in [-0.4, -0.2) is 24.5 Å². The lowest BCUT2D eigenvalue weighted by molar-refractivity contribution is -0.149. The van der Waals surface area contributed by atoms with E-state index in [9.17, 15) is 0 Å². The number of nitrogen functional groups attached to an aromatic ring is 1. The fraction of sp³-hybridized carbons (Fsp3) is 0.583. The zero-order valence-electron chi connectivity index (χ0n) is 10.6. The van der Waals surface area contributed by atoms with Gasteiger partial charge in [-0.25, -0.2) is 4.98 Å². The summed E-state index contributed by atoms with van der Waals surface area (Å²) in [5.74, 6) is 0.432. The molecule has 1 unspecified atom stereocenters. The quantitative estimate of drug-likeness (QED) is 0.732. The van der Waals surface area contributed by atoms with Crippen molar-refractivity contribution in [1.82, 2.24) is 4.98 Å². The number of aromatic nitrogens is 1. The summed E-state index contributed by atoms with van der Waals surface area (Å²) in [7, 11) is 0. The highest BCUT2D eigenvalue weighted by Crippen LogP contribution is 2.25. The second-order valence-electron chi connectivity index (χ2n) is 3.73. The third kappa shape index (κ3) is 3.39. The molecule has 0 aliphatic heterocycles. The van der Waals surface area contributed by atoms with Gasteiger partial charge in [0.15, 0.2) is 6.29 Å². The Balaban J connectivity index is 2.95. The summed E-state index contributed by atoms with van der Waals surface area (Å²) in [4.78, 5) is 4.05. The van der Waals surface area contributed by atoms with Gasteiger partial charge in [0, 0.05) is 25.0 Å². The van der Waals surface area contributed by atoms with Crippen LogP contribution in [0, 0.1) is 6.92 Å². The average molecular weight is 239 g/mol. The van der Waals surface area contributed by atoms with Gasteiger partial charge in [0.25, 0.3) is 0 Å². The Bertz CT molecular complexity index is 331. The summed E-state index contributed by atoms with van der Waals surface area (Å²) >= 11 is 0. The molecule has 0 bridgehead atoms. The van der Waals surface area contributed by atoms with Crippen molar-refractivity contribution in [3.63, 3.8) is 0 Å². The first-order valence-electron chi connectivity index (χ1n) is 5.81. The molecule has 0 saturated heterocycles. The second-order valence-corrected chi connectivity index (χ2v) is 3.73. The minimum atomic E-state index is -0.491. The molecule has 96 valence electrons. The van der Waals surface area contributed by atoms with Crippen molar-refractivity contribution in [2.75, 3.05) is 18.9 Å². The summed E-state index contributed by atoms with van der Waals surface area (Å²) in [6, 6.07) is 1.45. The first kappa shape index (κ1) is 13.9. The van der Waals surface area contributed by atoms with Gasteiger partial charge in [0.1, 0.15) is 5.82 Å². The van der Waals surface area contributed by atoms with Crippen molar-refractivity contribution in [2.24, 2.45) is 5.73 Å². The van der Waals surface area contributed by atoms with Gasteiger partial charge >= 0.3 is 0 Å². The molecule has 0 aromatic carbocycles. The Morgan fingerprint density at radius 2 is 1.88 bits per heavy atom. The smallest absolute Gasteiger partial charge is 0.176 e. The van der Waals surface area contributed by atoms with Crippen molar-refractivity contribution in [3.8, 4) is 0 Å². The molecule has 0 aliphatic rings. The molecule has 4 N–H and O–H groups in total. The number of ether oxygens (including phenoxy) is 2. The molecule has 0 saturated carbocycles. The largest absolute Gasteiger partial charge is 0.383 e. The zero-order valence-corrected chi connectivity index (χ0v) is 10.6. The Morgan fingerprint density at radius 3 is 2.35 bits per heavy atom. The molecular formula is C12H21N3O2. The number of anilines is 1. The van der Waals surface area contributed by atoms with Crippen LogP contribution in [0.2, 0.25) is 0 Å². The lowest BCUT2D eigenvalue weighted by Gasteiger charge is -2.25. The summed E-state index contributed by atoms with van der Waals surface area (Å²) in [6.45, 7) is 6.83. The fourth-order valence-electron chi connectivity index (χ4n) is 1.74. The van der Waals surface area contributed by atoms with Crippen LogP contribution in [0.5, 0.6) is 0 Å². The highest BCUT2D eigenvalue weighted by molar-refractivity contribution is 5.46. The number of nitrogens with two attached hydrogens (primary N) is 2. The SMILES string of the molecule is CCOC(OCC)C(N)c1c(C)ccnc1N. The molecule has 1 aromatic heterocycles. The number of nitrogens with zero attached hydrogens (tertiary/aromatic N) is 1. The van der Waals surface area contributed by atoms with E-state index in [0.29, 0.717) is 19.0 Å². The molecule has 0 spiro atoms. The number of pyridine rings is 1. The molecule has 1 rings (SSSR count). The van der Waals surface area contributed by atoms with E-state index in [1.807, 2.05) is 26.8 Å². The van der Waals surface area contributed by atoms with Gasteiger partial charge in [0.05, 0.1) is 6.04 Å². The van der Waals surface area contributed by atoms with Crippen LogP contribution in [0.3, 0.4) is 0 Å². The zero-order chi connectivity index (χ0) is 12.8. The van der Waals surface area contributed by atoms with Crippen molar-refractivity contribution in [1.29, 1.82) is 0 Å². The van der Waals surface area contributed by atoms with Crippen molar-refractivity contribution in [3.05, 3.63) is 23.4 Å². The lowest BCUT2D eigenvalue weighted by Crippen LogP contribution is -2.33. The number of hydrogen-bond donors (Lipinski definition) is 2. The van der Waals surface area contributed by atoms with Crippen molar-refractivity contribution >= 4 is 5.82 Å². The first-order valence-corrected chi connectivity index (χ1v) is 5.81. The van der Waals surface area contributed by atoms with E-state index in [4.69, 9.17) is 20.9 Å². The number of hydrogen-bond acceptors (Lipinski definition) is 5. The third-order valence-electron chi connectivity index (χ3n) is 2.53. The average Bonchev–Trinajstić information content (AvgIpc) is 2.28. The Hall–Kier alpha value is -1.17. The highest BCUT2D eigenvalue weighted by atomic mass is 16.7. The van der Waals surface area contributed by atoms with E-state index >= 15 is 0 Å². The standard InChI is InChI=1S/C12H21N3O2/c1-4-16-12(17-5-2)10(13)9-8(3)6-7-15-11(9)14/h6-7,10,12H,4-5,13H2,1-3H3,(H2,14,15). The number of rotatable bonds is 6. The van der Waals surface area contributed by atoms with E-state index in [0.717, 1.165) is 11.1 Å². The minimum Gasteiger partial charge on any atom is -0.383 e. The number of aryl methyl sites for hydroxylation is 1. The maximum atomic E-state index is 6.14. The van der Waals surface area contributed by atoms with Crippen LogP contribution in [0.25, 0.3) is 0 Å². The predicted molar refractivity (Wildman–Crippen MR) is 67.4 cm³/mol. The lowest BCUT2D eigenvalue weighted by atomic mass is 10.0. The minimum absolute atomic E-state index is 0.427. The van der Waals surface area contributed by atoms with Gasteiger partial charge in [0.2, 0.25) is 0 Å². The summed E-state index contributed by atoms with van der Waals surface area (Å²) in [5.41, 5.74) is 13.8. The molecule has 0 fully saturated rings. The van der Waals surface area contributed by atoms with E-state index in [2.05, 4.69) is 4.98 Å². The van der Waals surface area contributed by atoms with E-state index in [-0.39, 0.29) is 0 Å². The van der Waals surface area contributed by atoms with Crippen LogP contribution < -0.4 is 11.5 Å². The predicted octanol–water partition coefficient (Wildman–Crippen LogP) is 1.37. The first-order chi connectivity index (χ1) is 8.11. The van der Waals surface area contributed by atoms with Crippen LogP contribution in [-0.2, 0) is 9.47 Å². The summed E-state index contributed by atoms with van der Waals surface area (Å²) < 4.78 is 11.0. The monoisotopic (exact) mass is 239 g/mol. The van der Waals surface area contributed by atoms with Gasteiger partial charge in [-0.3, -0.25) is 0 Å². The van der Waals surface area contributed by atoms with E-state index < -0.39 is 12.3 Å². The normalized spacial score (nSPS) is 13.0. The van der Waals surface area contributed by atoms with Gasteiger partial charge < -0.3 is 20.9 Å². The molecule has 1 aromatic rings. The molecule has 5 nitrogen and oxygen atoms in total. The molecule has 5 heteroatoms. The maximum absolute atomic E-state index is 6.14. The van der Waals surface area contributed by atoms with E-state index in [1.165, 1.54) is 0 Å². The molecule has 1 heterocycles. The Labute approximate surface area is 102 Å². The molecule has 0 amide bonds. The van der Waals surface area contributed by atoms with Gasteiger partial charge in [-0.05, 0) is 32.4 Å². The third-order valence-corrected chi connectivity index (χ3v) is 2.53. The van der Waals surface area contributed by atoms with Crippen LogP contribution in [0.1, 0.15) is 31.0 Å². The Kier molecular flexibility index (Phi) is 5.34. The van der Waals surface area contributed by atoms with Crippen LogP contribution in [0.15, 0.2) is 12.3 Å². The van der Waals surface area contributed by atoms with Gasteiger partial charge in [-0.2, -0.15) is 0 Å². The Morgan fingerprint density at radius 1 is 1.29 bits per heavy atom. The summed E-state index contributed by atoms with van der Waals surface area (Å²) in [6.07, 6.45) is 1.17. The topological polar surface area (TPSA) is 83.4 Å². The van der Waals surface area contributed by atoms with Crippen LogP contribution in [0.4, 0.5) is 5.82 Å². The van der Waals surface area contributed by atoms with Crippen LogP contribution >= 0.6 is 0 Å². The second kappa shape index (κ2) is 6.54. The molecule has 1 atom stereocenters. The maximum Gasteiger partial charge on any atom is 0.176 e. The van der Waals surface area contributed by atoms with Gasteiger partial charge in [-0.1, -0.05) is 0 Å². The molecule has 0 radical (unpaired) electrons. The fourth-order valence-corrected chi connectivity index (χ4v) is 1.74. The molecular weight excluding hydrogens is 218 g/mol. The summed E-state index contributed by atoms with van der Waals surface area (Å²) in [5, 5.41) is 0. The molecule has 0 aliphatic carbocycles.